The van der Waals surface area contributed by atoms with Crippen molar-refractivity contribution in [2.75, 3.05) is 19.0 Å². The van der Waals surface area contributed by atoms with Crippen LogP contribution in [0.3, 0.4) is 0 Å². The second-order valence-electron chi connectivity index (χ2n) is 8.64. The van der Waals surface area contributed by atoms with Crippen molar-refractivity contribution in [3.05, 3.63) is 41.5 Å². The van der Waals surface area contributed by atoms with Gasteiger partial charge in [-0.15, -0.1) is 0 Å². The molecule has 1 fully saturated rings. The van der Waals surface area contributed by atoms with Gasteiger partial charge in [0.15, 0.2) is 5.82 Å². The summed E-state index contributed by atoms with van der Waals surface area (Å²) >= 11 is 0. The topological polar surface area (TPSA) is 129 Å². The summed E-state index contributed by atoms with van der Waals surface area (Å²) in [4.78, 5) is 42.7. The first-order valence-corrected chi connectivity index (χ1v) is 11.3. The van der Waals surface area contributed by atoms with Crippen molar-refractivity contribution in [2.24, 2.45) is 0 Å². The maximum atomic E-state index is 12.3. The third-order valence-electron chi connectivity index (χ3n) is 5.77. The zero-order chi connectivity index (χ0) is 23.8. The molecule has 0 atom stereocenters. The number of amides is 3. The van der Waals surface area contributed by atoms with Crippen LogP contribution in [0.5, 0.6) is 0 Å². The molecule has 1 aliphatic carbocycles. The van der Waals surface area contributed by atoms with E-state index in [4.69, 9.17) is 4.52 Å². The summed E-state index contributed by atoms with van der Waals surface area (Å²) in [5.74, 6) is -0.131. The third kappa shape index (κ3) is 6.53. The number of carbonyl (C=O) groups excluding carboxylic acids is 3. The number of rotatable bonds is 7. The van der Waals surface area contributed by atoms with Crippen LogP contribution in [0, 0.1) is 0 Å². The number of nitrogens with zero attached hydrogens (tertiary/aromatic N) is 3. The molecule has 1 aromatic carbocycles. The lowest BCUT2D eigenvalue weighted by Crippen LogP contribution is -2.45. The Morgan fingerprint density at radius 3 is 2.48 bits per heavy atom. The van der Waals surface area contributed by atoms with Gasteiger partial charge >= 0.3 is 0 Å². The zero-order valence-electron chi connectivity index (χ0n) is 19.4. The minimum Gasteiger partial charge on any atom is -0.378 e. The molecule has 1 aromatic heterocycles. The number of anilines is 1. The maximum Gasteiger partial charge on any atom is 0.269 e. The van der Waals surface area contributed by atoms with Gasteiger partial charge in [0.25, 0.3) is 5.91 Å². The maximum absolute atomic E-state index is 12.3. The third-order valence-corrected chi connectivity index (χ3v) is 5.77. The largest absolute Gasteiger partial charge is 0.378 e. The Morgan fingerprint density at radius 2 is 1.82 bits per heavy atom. The Kier molecular flexibility index (Phi) is 8.02. The number of hydrazine groups is 1. The van der Waals surface area contributed by atoms with Crippen LogP contribution in [-0.4, -0.2) is 42.0 Å². The van der Waals surface area contributed by atoms with Crippen LogP contribution >= 0.6 is 0 Å². The van der Waals surface area contributed by atoms with Crippen molar-refractivity contribution >= 4 is 23.4 Å². The fraction of sp³-hybridized carbons (Fsp3) is 0.522. The molecule has 0 saturated heterocycles. The van der Waals surface area contributed by atoms with Crippen LogP contribution in [0.4, 0.5) is 5.69 Å². The first kappa shape index (κ1) is 24.2. The Balaban J connectivity index is 1.54. The Labute approximate surface area is 193 Å². The Morgan fingerprint density at radius 1 is 1.09 bits per heavy atom. The van der Waals surface area contributed by atoms with Gasteiger partial charge in [-0.2, -0.15) is 4.98 Å². The summed E-state index contributed by atoms with van der Waals surface area (Å²) in [6.07, 6.45) is 5.97. The average Bonchev–Trinajstić information content (AvgIpc) is 3.15. The van der Waals surface area contributed by atoms with Crippen LogP contribution in [-0.2, 0) is 21.5 Å². The second-order valence-corrected chi connectivity index (χ2v) is 8.64. The van der Waals surface area contributed by atoms with E-state index in [0.717, 1.165) is 44.2 Å². The molecule has 33 heavy (non-hydrogen) atoms. The summed E-state index contributed by atoms with van der Waals surface area (Å²) in [6, 6.07) is 7.08. The highest BCUT2D eigenvalue weighted by molar-refractivity contribution is 5.96. The van der Waals surface area contributed by atoms with E-state index in [1.165, 1.54) is 6.92 Å². The van der Waals surface area contributed by atoms with Crippen LogP contribution in [0.15, 0.2) is 28.8 Å². The number of aromatic nitrogens is 2. The van der Waals surface area contributed by atoms with Gasteiger partial charge < -0.3 is 14.7 Å². The van der Waals surface area contributed by atoms with E-state index in [0.29, 0.717) is 17.3 Å². The number of hydrogen-bond acceptors (Lipinski definition) is 7. The van der Waals surface area contributed by atoms with Crippen molar-refractivity contribution < 1.29 is 18.9 Å². The van der Waals surface area contributed by atoms with E-state index in [1.54, 1.807) is 18.2 Å². The Hall–Kier alpha value is -3.43. The first-order valence-electron chi connectivity index (χ1n) is 11.3. The lowest BCUT2D eigenvalue weighted by molar-refractivity contribution is -0.122. The van der Waals surface area contributed by atoms with E-state index >= 15 is 0 Å². The lowest BCUT2D eigenvalue weighted by atomic mass is 9.89. The van der Waals surface area contributed by atoms with Crippen molar-refractivity contribution in [3.8, 4) is 0 Å². The highest BCUT2D eigenvalue weighted by atomic mass is 16.5. The molecule has 1 heterocycles. The molecule has 1 saturated carbocycles. The van der Waals surface area contributed by atoms with Gasteiger partial charge in [0.2, 0.25) is 17.7 Å². The van der Waals surface area contributed by atoms with E-state index < -0.39 is 11.4 Å². The number of nitrogens with one attached hydrogen (secondary N) is 3. The number of aryl methyl sites for hydroxylation is 1. The molecule has 0 spiro atoms. The standard InChI is InChI=1S/C23H32N6O4/c1-16(30)25-23(13-6-4-5-7-14-23)22-24-20(33-28-22)12-11-19(31)26-27-21(32)17-9-8-10-18(15-17)29(2)3/h8-10,15H,4-7,11-14H2,1-3H3,(H,25,30)(H,26,31)(H,27,32). The van der Waals surface area contributed by atoms with Crippen molar-refractivity contribution in [1.82, 2.24) is 26.3 Å². The molecule has 0 radical (unpaired) electrons. The minimum atomic E-state index is -0.624. The Bertz CT molecular complexity index is 979. The SMILES string of the molecule is CC(=O)NC1(c2noc(CCC(=O)NNC(=O)c3cccc(N(C)C)c3)n2)CCCCCC1. The minimum absolute atomic E-state index is 0.0623. The second kappa shape index (κ2) is 10.9. The zero-order valence-corrected chi connectivity index (χ0v) is 19.4. The van der Waals surface area contributed by atoms with Crippen molar-refractivity contribution in [2.45, 2.75) is 63.8 Å². The predicted molar refractivity (Wildman–Crippen MR) is 122 cm³/mol. The van der Waals surface area contributed by atoms with Crippen molar-refractivity contribution in [3.63, 3.8) is 0 Å². The lowest BCUT2D eigenvalue weighted by Gasteiger charge is -2.30. The summed E-state index contributed by atoms with van der Waals surface area (Å²) in [6.45, 7) is 1.49. The van der Waals surface area contributed by atoms with Crippen molar-refractivity contribution in [1.29, 1.82) is 0 Å². The molecule has 0 unspecified atom stereocenters. The summed E-state index contributed by atoms with van der Waals surface area (Å²) in [5.41, 5.74) is 5.53. The monoisotopic (exact) mass is 456 g/mol. The van der Waals surface area contributed by atoms with Gasteiger partial charge in [0.1, 0.15) is 5.54 Å². The van der Waals surface area contributed by atoms with Gasteiger partial charge in [-0.25, -0.2) is 0 Å². The molecule has 1 aliphatic rings. The smallest absolute Gasteiger partial charge is 0.269 e. The molecule has 10 nitrogen and oxygen atoms in total. The summed E-state index contributed by atoms with van der Waals surface area (Å²) in [5, 5.41) is 7.15. The molecule has 10 heteroatoms. The summed E-state index contributed by atoms with van der Waals surface area (Å²) < 4.78 is 5.36. The van der Waals surface area contributed by atoms with E-state index in [1.807, 2.05) is 25.1 Å². The van der Waals surface area contributed by atoms with Crippen LogP contribution < -0.4 is 21.1 Å². The number of carbonyl (C=O) groups is 3. The van der Waals surface area contributed by atoms with Crippen LogP contribution in [0.1, 0.15) is 73.9 Å². The van der Waals surface area contributed by atoms with E-state index in [2.05, 4.69) is 26.3 Å². The van der Waals surface area contributed by atoms with E-state index in [9.17, 15) is 14.4 Å². The molecule has 0 aliphatic heterocycles. The molecule has 3 N–H and O–H groups in total. The van der Waals surface area contributed by atoms with Gasteiger partial charge in [-0.1, -0.05) is 36.9 Å². The average molecular weight is 457 g/mol. The summed E-state index contributed by atoms with van der Waals surface area (Å²) in [7, 11) is 3.77. The van der Waals surface area contributed by atoms with E-state index in [-0.39, 0.29) is 24.7 Å². The number of hydrogen-bond donors (Lipinski definition) is 3. The molecular weight excluding hydrogens is 424 g/mol. The molecule has 178 valence electrons. The molecule has 3 rings (SSSR count). The van der Waals surface area contributed by atoms with Gasteiger partial charge in [-0.3, -0.25) is 25.2 Å². The quantitative estimate of drug-likeness (QED) is 0.430. The van der Waals surface area contributed by atoms with Gasteiger partial charge in [0.05, 0.1) is 0 Å². The molecule has 3 amide bonds. The highest BCUT2D eigenvalue weighted by Crippen LogP contribution is 2.34. The first-order chi connectivity index (χ1) is 15.8. The van der Waals surface area contributed by atoms with Gasteiger partial charge in [-0.05, 0) is 31.0 Å². The fourth-order valence-electron chi connectivity index (χ4n) is 4.03. The fourth-order valence-corrected chi connectivity index (χ4v) is 4.03. The van der Waals surface area contributed by atoms with Crippen LogP contribution in [0.25, 0.3) is 0 Å². The predicted octanol–water partition coefficient (Wildman–Crippen LogP) is 2.21. The highest BCUT2D eigenvalue weighted by Gasteiger charge is 2.38. The number of benzene rings is 1. The molecule has 2 aromatic rings. The normalized spacial score (nSPS) is 15.2. The molecule has 0 bridgehead atoms. The van der Waals surface area contributed by atoms with Gasteiger partial charge in [0, 0.05) is 45.1 Å². The molecular formula is C23H32N6O4. The van der Waals surface area contributed by atoms with Crippen LogP contribution in [0.2, 0.25) is 0 Å².